The number of ether oxygens (including phenoxy) is 1. The molecule has 2 aromatic rings. The van der Waals surface area contributed by atoms with Gasteiger partial charge in [-0.1, -0.05) is 18.2 Å². The Bertz CT molecular complexity index is 431. The minimum absolute atomic E-state index is 0.253. The van der Waals surface area contributed by atoms with E-state index in [1.165, 1.54) is 6.07 Å². The van der Waals surface area contributed by atoms with Crippen LogP contribution in [0.25, 0.3) is 0 Å². The average Bonchev–Trinajstić information content (AvgIpc) is 2.29. The van der Waals surface area contributed by atoms with Crippen LogP contribution in [0.2, 0.25) is 0 Å². The van der Waals surface area contributed by atoms with Gasteiger partial charge in [0.05, 0.1) is 5.69 Å². The maximum absolute atomic E-state index is 13.1. The molecule has 1 aromatic heterocycles. The Morgan fingerprint density at radius 2 is 1.87 bits per heavy atom. The Hall–Kier alpha value is -1.90. The van der Waals surface area contributed by atoms with Crippen LogP contribution in [-0.4, -0.2) is 4.98 Å². The van der Waals surface area contributed by atoms with Gasteiger partial charge in [-0.3, -0.25) is 4.98 Å². The molecule has 76 valence electrons. The fourth-order valence-corrected chi connectivity index (χ4v) is 1.20. The number of hydrogen-bond donors (Lipinski definition) is 0. The zero-order valence-electron chi connectivity index (χ0n) is 8.06. The van der Waals surface area contributed by atoms with Crippen molar-refractivity contribution < 1.29 is 9.13 Å². The molecule has 0 aliphatic rings. The van der Waals surface area contributed by atoms with Crippen molar-refractivity contribution in [2.24, 2.45) is 0 Å². The average molecular weight is 203 g/mol. The largest absolute Gasteiger partial charge is 0.484 e. The van der Waals surface area contributed by atoms with Crippen molar-refractivity contribution in [3.05, 3.63) is 60.2 Å². The molecule has 0 saturated carbocycles. The van der Waals surface area contributed by atoms with Crippen molar-refractivity contribution >= 4 is 0 Å². The smallest absolute Gasteiger partial charge is 0.165 e. The van der Waals surface area contributed by atoms with Crippen LogP contribution in [0.5, 0.6) is 5.75 Å². The summed E-state index contributed by atoms with van der Waals surface area (Å²) in [6, 6.07) is 11.9. The second-order valence-electron chi connectivity index (χ2n) is 3.04. The fourth-order valence-electron chi connectivity index (χ4n) is 1.20. The van der Waals surface area contributed by atoms with Crippen molar-refractivity contribution in [2.75, 3.05) is 0 Å². The summed E-state index contributed by atoms with van der Waals surface area (Å²) in [5.74, 6) is -0.100. The molecule has 0 spiro atoms. The topological polar surface area (TPSA) is 22.1 Å². The van der Waals surface area contributed by atoms with E-state index in [0.29, 0.717) is 0 Å². The lowest BCUT2D eigenvalue weighted by Gasteiger charge is -2.05. The lowest BCUT2D eigenvalue weighted by atomic mass is 10.3. The van der Waals surface area contributed by atoms with Gasteiger partial charge in [0, 0.05) is 6.20 Å². The number of rotatable bonds is 3. The van der Waals surface area contributed by atoms with Gasteiger partial charge in [-0.2, -0.15) is 0 Å². The molecular weight excluding hydrogens is 193 g/mol. The molecule has 0 saturated heterocycles. The van der Waals surface area contributed by atoms with E-state index < -0.39 is 0 Å². The first-order valence-corrected chi connectivity index (χ1v) is 4.63. The lowest BCUT2D eigenvalue weighted by molar-refractivity contribution is 0.286. The summed E-state index contributed by atoms with van der Waals surface area (Å²) in [6.45, 7) is 0.280. The predicted molar refractivity (Wildman–Crippen MR) is 55.0 cm³/mol. The number of benzene rings is 1. The van der Waals surface area contributed by atoms with Gasteiger partial charge in [0.1, 0.15) is 6.61 Å². The number of para-hydroxylation sites is 1. The van der Waals surface area contributed by atoms with Gasteiger partial charge in [-0.25, -0.2) is 4.39 Å². The van der Waals surface area contributed by atoms with Crippen molar-refractivity contribution in [3.8, 4) is 5.75 Å². The van der Waals surface area contributed by atoms with Crippen LogP contribution >= 0.6 is 0 Å². The number of nitrogens with zero attached hydrogens (tertiary/aromatic N) is 1. The van der Waals surface area contributed by atoms with E-state index >= 15 is 0 Å². The summed E-state index contributed by atoms with van der Waals surface area (Å²) >= 11 is 0. The van der Waals surface area contributed by atoms with E-state index in [1.807, 2.05) is 18.2 Å². The first-order chi connectivity index (χ1) is 7.36. The van der Waals surface area contributed by atoms with Crippen molar-refractivity contribution in [1.29, 1.82) is 0 Å². The predicted octanol–water partition coefficient (Wildman–Crippen LogP) is 2.80. The summed E-state index contributed by atoms with van der Waals surface area (Å²) in [5.41, 5.74) is 0.778. The van der Waals surface area contributed by atoms with Gasteiger partial charge in [-0.15, -0.1) is 0 Å². The third-order valence-electron chi connectivity index (χ3n) is 1.94. The van der Waals surface area contributed by atoms with Gasteiger partial charge in [0.25, 0.3) is 0 Å². The molecular formula is C12H10FNO. The molecule has 0 aliphatic carbocycles. The highest BCUT2D eigenvalue weighted by Crippen LogP contribution is 2.16. The minimum Gasteiger partial charge on any atom is -0.484 e. The zero-order chi connectivity index (χ0) is 10.5. The van der Waals surface area contributed by atoms with Crippen molar-refractivity contribution in [1.82, 2.24) is 4.98 Å². The highest BCUT2D eigenvalue weighted by molar-refractivity contribution is 5.23. The molecule has 1 heterocycles. The van der Waals surface area contributed by atoms with Crippen LogP contribution in [0.4, 0.5) is 4.39 Å². The molecule has 2 rings (SSSR count). The van der Waals surface area contributed by atoms with Crippen LogP contribution in [0, 0.1) is 5.82 Å². The molecule has 0 unspecified atom stereocenters. The summed E-state index contributed by atoms with van der Waals surface area (Å²) in [4.78, 5) is 4.08. The van der Waals surface area contributed by atoms with E-state index in [4.69, 9.17) is 4.74 Å². The maximum Gasteiger partial charge on any atom is 0.165 e. The number of hydrogen-bond acceptors (Lipinski definition) is 2. The zero-order valence-corrected chi connectivity index (χ0v) is 8.06. The number of aromatic nitrogens is 1. The minimum atomic E-state index is -0.353. The van der Waals surface area contributed by atoms with Crippen molar-refractivity contribution in [3.63, 3.8) is 0 Å². The number of halogens is 1. The molecule has 3 heteroatoms. The summed E-state index contributed by atoms with van der Waals surface area (Å²) in [6.07, 6.45) is 1.68. The third kappa shape index (κ3) is 2.53. The van der Waals surface area contributed by atoms with E-state index in [9.17, 15) is 4.39 Å². The molecule has 2 nitrogen and oxygen atoms in total. The van der Waals surface area contributed by atoms with Crippen LogP contribution in [0.3, 0.4) is 0 Å². The molecule has 0 amide bonds. The Labute approximate surface area is 87.4 Å². The van der Waals surface area contributed by atoms with E-state index in [2.05, 4.69) is 4.98 Å². The molecule has 0 aliphatic heterocycles. The van der Waals surface area contributed by atoms with E-state index in [1.54, 1.807) is 24.4 Å². The summed E-state index contributed by atoms with van der Waals surface area (Å²) in [5, 5.41) is 0. The molecule has 0 fully saturated rings. The van der Waals surface area contributed by atoms with Gasteiger partial charge >= 0.3 is 0 Å². The lowest BCUT2D eigenvalue weighted by Crippen LogP contribution is -1.98. The quantitative estimate of drug-likeness (QED) is 0.765. The molecule has 1 aromatic carbocycles. The summed E-state index contributed by atoms with van der Waals surface area (Å²) < 4.78 is 18.4. The molecule has 15 heavy (non-hydrogen) atoms. The fraction of sp³-hybridized carbons (Fsp3) is 0.0833. The highest BCUT2D eigenvalue weighted by Gasteiger charge is 2.01. The Kier molecular flexibility index (Phi) is 2.93. The maximum atomic E-state index is 13.1. The molecule has 0 radical (unpaired) electrons. The standard InChI is InChI=1S/C12H10FNO/c13-11-6-1-2-7-12(11)15-9-10-5-3-4-8-14-10/h1-8H,9H2. The van der Waals surface area contributed by atoms with Crippen LogP contribution in [0.1, 0.15) is 5.69 Å². The Morgan fingerprint density at radius 3 is 2.60 bits per heavy atom. The van der Waals surface area contributed by atoms with E-state index in [-0.39, 0.29) is 18.2 Å². The normalized spacial score (nSPS) is 9.93. The second-order valence-corrected chi connectivity index (χ2v) is 3.04. The van der Waals surface area contributed by atoms with Crippen LogP contribution in [0.15, 0.2) is 48.7 Å². The Balaban J connectivity index is 2.03. The van der Waals surface area contributed by atoms with Gasteiger partial charge in [0.15, 0.2) is 11.6 Å². The molecule has 0 N–H and O–H groups in total. The number of pyridine rings is 1. The van der Waals surface area contributed by atoms with Crippen LogP contribution in [-0.2, 0) is 6.61 Å². The van der Waals surface area contributed by atoms with Gasteiger partial charge in [-0.05, 0) is 24.3 Å². The van der Waals surface area contributed by atoms with E-state index in [0.717, 1.165) is 5.69 Å². The Morgan fingerprint density at radius 1 is 1.07 bits per heavy atom. The van der Waals surface area contributed by atoms with Gasteiger partial charge < -0.3 is 4.74 Å². The monoisotopic (exact) mass is 203 g/mol. The third-order valence-corrected chi connectivity index (χ3v) is 1.94. The summed E-state index contributed by atoms with van der Waals surface area (Å²) in [7, 11) is 0. The van der Waals surface area contributed by atoms with Gasteiger partial charge in [0.2, 0.25) is 0 Å². The first-order valence-electron chi connectivity index (χ1n) is 4.63. The SMILES string of the molecule is Fc1ccccc1OCc1ccccn1. The van der Waals surface area contributed by atoms with Crippen LogP contribution < -0.4 is 4.74 Å². The first kappa shape index (κ1) is 9.65. The molecule has 0 bridgehead atoms. The molecule has 0 atom stereocenters. The second kappa shape index (κ2) is 4.55. The van der Waals surface area contributed by atoms with Crippen molar-refractivity contribution in [2.45, 2.75) is 6.61 Å². The highest BCUT2D eigenvalue weighted by atomic mass is 19.1.